The van der Waals surface area contributed by atoms with Crippen molar-refractivity contribution in [3.8, 4) is 0 Å². The van der Waals surface area contributed by atoms with Crippen molar-refractivity contribution in [3.63, 3.8) is 0 Å². The second kappa shape index (κ2) is 4.35. The van der Waals surface area contributed by atoms with Crippen LogP contribution in [0.1, 0.15) is 34.6 Å². The zero-order valence-electron chi connectivity index (χ0n) is 11.5. The third-order valence-electron chi connectivity index (χ3n) is 3.83. The lowest BCUT2D eigenvalue weighted by atomic mass is 9.74. The first-order valence-corrected chi connectivity index (χ1v) is 5.92. The fourth-order valence-electron chi connectivity index (χ4n) is 1.60. The highest BCUT2D eigenvalue weighted by atomic mass is 16.2. The van der Waals surface area contributed by atoms with Crippen molar-refractivity contribution in [1.29, 1.82) is 0 Å². The maximum Gasteiger partial charge on any atom is 0.249 e. The second-order valence-electron chi connectivity index (χ2n) is 5.87. The van der Waals surface area contributed by atoms with Crippen LogP contribution in [0.3, 0.4) is 0 Å². The third-order valence-corrected chi connectivity index (χ3v) is 3.83. The topological polar surface area (TPSA) is 92.5 Å². The van der Waals surface area contributed by atoms with E-state index in [0.717, 1.165) is 0 Å². The zero-order chi connectivity index (χ0) is 14.3. The Morgan fingerprint density at radius 3 is 2.28 bits per heavy atom. The number of amides is 3. The molecule has 1 aliphatic rings. The molecular formula is C12H21N3O3. The summed E-state index contributed by atoms with van der Waals surface area (Å²) in [6.45, 7) is 8.44. The van der Waals surface area contributed by atoms with E-state index in [1.54, 1.807) is 34.6 Å². The van der Waals surface area contributed by atoms with Gasteiger partial charge in [0.2, 0.25) is 17.7 Å². The van der Waals surface area contributed by atoms with E-state index in [1.807, 2.05) is 0 Å². The lowest BCUT2D eigenvalue weighted by Gasteiger charge is -2.43. The average Bonchev–Trinajstić information content (AvgIpc) is 2.20. The fraction of sp³-hybridized carbons (Fsp3) is 0.750. The van der Waals surface area contributed by atoms with Gasteiger partial charge in [-0.25, -0.2) is 0 Å². The standard InChI is InChI=1S/C12H21N3O3/c1-7-9(17)14-8(16)6-15(7)10(18)11(2,3)12(4,5)13/h7H,6,13H2,1-5H3,(H,14,16,17). The lowest BCUT2D eigenvalue weighted by Crippen LogP contribution is -2.64. The third kappa shape index (κ3) is 2.38. The number of carbonyl (C=O) groups excluding carboxylic acids is 3. The first kappa shape index (κ1) is 14.6. The molecule has 1 rings (SSSR count). The lowest BCUT2D eigenvalue weighted by molar-refractivity contribution is -0.156. The van der Waals surface area contributed by atoms with E-state index in [-0.39, 0.29) is 12.5 Å². The number of nitrogens with two attached hydrogens (primary N) is 1. The summed E-state index contributed by atoms with van der Waals surface area (Å²) in [5.74, 6) is -1.20. The SMILES string of the molecule is CC1C(=O)NC(=O)CN1C(=O)C(C)(C)C(C)(C)N. The highest BCUT2D eigenvalue weighted by Gasteiger charge is 2.46. The second-order valence-corrected chi connectivity index (χ2v) is 5.87. The Labute approximate surface area is 107 Å². The van der Waals surface area contributed by atoms with Gasteiger partial charge in [0.1, 0.15) is 12.6 Å². The molecule has 0 aromatic heterocycles. The Bertz CT molecular complexity index is 396. The maximum atomic E-state index is 12.5. The number of hydrogen-bond donors (Lipinski definition) is 2. The van der Waals surface area contributed by atoms with Crippen molar-refractivity contribution in [2.45, 2.75) is 46.2 Å². The molecule has 1 saturated heterocycles. The molecule has 0 saturated carbocycles. The molecule has 1 aliphatic heterocycles. The van der Waals surface area contributed by atoms with Gasteiger partial charge < -0.3 is 10.6 Å². The summed E-state index contributed by atoms with van der Waals surface area (Å²) in [6, 6.07) is -0.656. The normalized spacial score (nSPS) is 21.9. The van der Waals surface area contributed by atoms with Crippen LogP contribution >= 0.6 is 0 Å². The van der Waals surface area contributed by atoms with Crippen molar-refractivity contribution >= 4 is 17.7 Å². The van der Waals surface area contributed by atoms with Crippen LogP contribution in [0.4, 0.5) is 0 Å². The quantitative estimate of drug-likeness (QED) is 0.658. The first-order valence-electron chi connectivity index (χ1n) is 5.92. The van der Waals surface area contributed by atoms with E-state index in [9.17, 15) is 14.4 Å². The Morgan fingerprint density at radius 1 is 1.33 bits per heavy atom. The molecule has 102 valence electrons. The first-order chi connectivity index (χ1) is 7.98. The van der Waals surface area contributed by atoms with E-state index < -0.39 is 28.8 Å². The summed E-state index contributed by atoms with van der Waals surface area (Å²) >= 11 is 0. The van der Waals surface area contributed by atoms with Gasteiger partial charge >= 0.3 is 0 Å². The van der Waals surface area contributed by atoms with Gasteiger partial charge in [0, 0.05) is 5.54 Å². The Kier molecular flexibility index (Phi) is 3.53. The molecule has 0 aromatic carbocycles. The van der Waals surface area contributed by atoms with Crippen LogP contribution < -0.4 is 11.1 Å². The summed E-state index contributed by atoms with van der Waals surface area (Å²) in [6.07, 6.45) is 0. The smallest absolute Gasteiger partial charge is 0.249 e. The van der Waals surface area contributed by atoms with E-state index in [4.69, 9.17) is 5.73 Å². The number of piperazine rings is 1. The van der Waals surface area contributed by atoms with Gasteiger partial charge in [0.15, 0.2) is 0 Å². The summed E-state index contributed by atoms with van der Waals surface area (Å²) < 4.78 is 0. The number of nitrogens with one attached hydrogen (secondary N) is 1. The molecule has 6 nitrogen and oxygen atoms in total. The molecule has 0 spiro atoms. The van der Waals surface area contributed by atoms with Crippen LogP contribution in [0.15, 0.2) is 0 Å². The van der Waals surface area contributed by atoms with Gasteiger partial charge in [-0.05, 0) is 34.6 Å². The van der Waals surface area contributed by atoms with Crippen molar-refractivity contribution < 1.29 is 14.4 Å². The monoisotopic (exact) mass is 255 g/mol. The van der Waals surface area contributed by atoms with E-state index in [2.05, 4.69) is 5.32 Å². The van der Waals surface area contributed by atoms with Crippen LogP contribution in [0.5, 0.6) is 0 Å². The minimum Gasteiger partial charge on any atom is -0.325 e. The van der Waals surface area contributed by atoms with E-state index in [1.165, 1.54) is 4.90 Å². The van der Waals surface area contributed by atoms with Gasteiger partial charge in [-0.15, -0.1) is 0 Å². The molecular weight excluding hydrogens is 234 g/mol. The number of nitrogens with zero attached hydrogens (tertiary/aromatic N) is 1. The van der Waals surface area contributed by atoms with Crippen LogP contribution in [-0.2, 0) is 14.4 Å². The van der Waals surface area contributed by atoms with Crippen molar-refractivity contribution in [3.05, 3.63) is 0 Å². The Morgan fingerprint density at radius 2 is 1.83 bits per heavy atom. The fourth-order valence-corrected chi connectivity index (χ4v) is 1.60. The van der Waals surface area contributed by atoms with Crippen molar-refractivity contribution in [2.75, 3.05) is 6.54 Å². The molecule has 18 heavy (non-hydrogen) atoms. The van der Waals surface area contributed by atoms with Gasteiger partial charge in [-0.1, -0.05) is 0 Å². The summed E-state index contributed by atoms with van der Waals surface area (Å²) in [5, 5.41) is 2.20. The molecule has 1 atom stereocenters. The number of hydrogen-bond acceptors (Lipinski definition) is 4. The molecule has 0 aromatic rings. The molecule has 1 fully saturated rings. The largest absolute Gasteiger partial charge is 0.325 e. The Hall–Kier alpha value is -1.43. The molecule has 1 heterocycles. The average molecular weight is 255 g/mol. The van der Waals surface area contributed by atoms with Crippen LogP contribution in [0.25, 0.3) is 0 Å². The minimum atomic E-state index is -0.862. The summed E-state index contributed by atoms with van der Waals surface area (Å²) in [4.78, 5) is 36.7. The predicted molar refractivity (Wildman–Crippen MR) is 66.4 cm³/mol. The van der Waals surface area contributed by atoms with Gasteiger partial charge in [-0.3, -0.25) is 19.7 Å². The predicted octanol–water partition coefficient (Wildman–Crippen LogP) is -0.377. The molecule has 0 aliphatic carbocycles. The molecule has 3 amide bonds. The molecule has 3 N–H and O–H groups in total. The Balaban J connectivity index is 3.03. The van der Waals surface area contributed by atoms with Crippen LogP contribution in [0.2, 0.25) is 0 Å². The van der Waals surface area contributed by atoms with Gasteiger partial charge in [-0.2, -0.15) is 0 Å². The van der Waals surface area contributed by atoms with Crippen molar-refractivity contribution in [1.82, 2.24) is 10.2 Å². The van der Waals surface area contributed by atoms with Crippen LogP contribution in [-0.4, -0.2) is 40.7 Å². The number of carbonyl (C=O) groups is 3. The minimum absolute atomic E-state index is 0.106. The van der Waals surface area contributed by atoms with Crippen LogP contribution in [0, 0.1) is 5.41 Å². The number of rotatable bonds is 2. The van der Waals surface area contributed by atoms with Gasteiger partial charge in [0.25, 0.3) is 0 Å². The number of imide groups is 1. The highest BCUT2D eigenvalue weighted by Crippen LogP contribution is 2.31. The van der Waals surface area contributed by atoms with Crippen molar-refractivity contribution in [2.24, 2.45) is 11.1 Å². The maximum absolute atomic E-state index is 12.5. The van der Waals surface area contributed by atoms with E-state index in [0.29, 0.717) is 0 Å². The zero-order valence-corrected chi connectivity index (χ0v) is 11.5. The molecule has 1 unspecified atom stereocenters. The molecule has 6 heteroatoms. The summed E-state index contributed by atoms with van der Waals surface area (Å²) in [7, 11) is 0. The van der Waals surface area contributed by atoms with Gasteiger partial charge in [0.05, 0.1) is 5.41 Å². The van der Waals surface area contributed by atoms with E-state index >= 15 is 0 Å². The molecule has 0 bridgehead atoms. The summed E-state index contributed by atoms with van der Waals surface area (Å²) in [5.41, 5.74) is 4.39. The molecule has 0 radical (unpaired) electrons. The highest BCUT2D eigenvalue weighted by molar-refractivity contribution is 6.04.